The molecule has 0 aliphatic heterocycles. The van der Waals surface area contributed by atoms with E-state index in [0.717, 1.165) is 0 Å². The molecule has 176 valence electrons. The molecule has 0 spiro atoms. The van der Waals surface area contributed by atoms with Crippen molar-refractivity contribution >= 4 is 52.0 Å². The topological polar surface area (TPSA) is 199 Å². The maximum Gasteiger partial charge on any atom is 0.233 e. The highest BCUT2D eigenvalue weighted by molar-refractivity contribution is 7.94. The summed E-state index contributed by atoms with van der Waals surface area (Å²) in [5.74, 6) is 0.543. The summed E-state index contributed by atoms with van der Waals surface area (Å²) in [6.45, 7) is 0.283. The van der Waals surface area contributed by atoms with Gasteiger partial charge in [-0.2, -0.15) is 25.2 Å². The zero-order valence-corrected chi connectivity index (χ0v) is 18.2. The second-order valence-electron chi connectivity index (χ2n) is 6.27. The van der Waals surface area contributed by atoms with Crippen molar-refractivity contribution in [3.63, 3.8) is 0 Å². The molecule has 14 nitrogen and oxygen atoms in total. The Bertz CT molecular complexity index is 1090. The van der Waals surface area contributed by atoms with Crippen molar-refractivity contribution in [1.82, 2.24) is 15.0 Å². The minimum absolute atomic E-state index is 0.104. The fraction of sp³-hybridized carbons (Fsp3) is 0.278. The molecule has 1 heterocycles. The van der Waals surface area contributed by atoms with Gasteiger partial charge in [0.2, 0.25) is 17.8 Å². The van der Waals surface area contributed by atoms with Gasteiger partial charge in [-0.25, -0.2) is 5.26 Å². The van der Waals surface area contributed by atoms with Crippen LogP contribution >= 0.6 is 12.0 Å². The number of phenols is 1. The van der Waals surface area contributed by atoms with Crippen LogP contribution in [0.25, 0.3) is 10.8 Å². The number of aromatic hydroxyl groups is 1. The van der Waals surface area contributed by atoms with E-state index in [9.17, 15) is 5.11 Å². The molecule has 3 rings (SSSR count). The van der Waals surface area contributed by atoms with Crippen molar-refractivity contribution in [1.29, 1.82) is 0 Å². The summed E-state index contributed by atoms with van der Waals surface area (Å²) in [5, 5.41) is 58.3. The SMILES string of the molecule is C/N=N/c1c(SOOO)cc2cc(Nc3nc(NCCO)nc(NCCO)n3)ccc2c1O. The van der Waals surface area contributed by atoms with Gasteiger partial charge in [0.05, 0.1) is 30.2 Å². The minimum atomic E-state index is -0.125. The number of phenolic OH excluding ortho intramolecular Hbond substituents is 1. The summed E-state index contributed by atoms with van der Waals surface area (Å²) in [4.78, 5) is 13.1. The molecule has 0 saturated heterocycles. The van der Waals surface area contributed by atoms with Crippen molar-refractivity contribution in [2.75, 3.05) is 49.3 Å². The molecule has 0 fully saturated rings. The third-order valence-electron chi connectivity index (χ3n) is 4.09. The number of hydrogen-bond donors (Lipinski definition) is 7. The number of rotatable bonds is 12. The number of benzene rings is 2. The van der Waals surface area contributed by atoms with Crippen LogP contribution in [0.3, 0.4) is 0 Å². The van der Waals surface area contributed by atoms with Gasteiger partial charge in [-0.15, -0.1) is 4.33 Å². The van der Waals surface area contributed by atoms with E-state index in [-0.39, 0.29) is 55.6 Å². The van der Waals surface area contributed by atoms with Crippen molar-refractivity contribution in [2.45, 2.75) is 4.90 Å². The molecule has 33 heavy (non-hydrogen) atoms. The monoisotopic (exact) mass is 478 g/mol. The molecule has 0 saturated carbocycles. The Morgan fingerprint density at radius 3 is 2.27 bits per heavy atom. The quantitative estimate of drug-likeness (QED) is 0.0867. The van der Waals surface area contributed by atoms with Gasteiger partial charge < -0.3 is 31.3 Å². The molecule has 0 unspecified atom stereocenters. The molecule has 7 N–H and O–H groups in total. The number of nitrogens with one attached hydrogen (secondary N) is 3. The second-order valence-corrected chi connectivity index (χ2v) is 7.01. The number of aromatic nitrogens is 3. The van der Waals surface area contributed by atoms with Gasteiger partial charge in [0.1, 0.15) is 5.69 Å². The van der Waals surface area contributed by atoms with Crippen LogP contribution in [-0.4, -0.2) is 68.9 Å². The average Bonchev–Trinajstić information content (AvgIpc) is 2.82. The first-order valence-electron chi connectivity index (χ1n) is 9.56. The molecule has 0 amide bonds. The fourth-order valence-electron chi connectivity index (χ4n) is 2.80. The molecule has 0 radical (unpaired) electrons. The molecule has 0 aliphatic rings. The highest BCUT2D eigenvalue weighted by Crippen LogP contribution is 2.44. The Labute approximate surface area is 191 Å². The van der Waals surface area contributed by atoms with E-state index in [1.165, 1.54) is 7.05 Å². The number of azo groups is 1. The zero-order chi connectivity index (χ0) is 23.6. The van der Waals surface area contributed by atoms with Gasteiger partial charge in [0.15, 0.2) is 5.75 Å². The lowest BCUT2D eigenvalue weighted by Gasteiger charge is -2.12. The Balaban J connectivity index is 1.96. The summed E-state index contributed by atoms with van der Waals surface area (Å²) in [6, 6.07) is 6.79. The molecule has 3 aromatic rings. The van der Waals surface area contributed by atoms with Crippen LogP contribution in [0.15, 0.2) is 39.4 Å². The molecule has 2 aromatic carbocycles. The average molecular weight is 478 g/mol. The highest BCUT2D eigenvalue weighted by Gasteiger charge is 2.16. The normalized spacial score (nSPS) is 11.3. The van der Waals surface area contributed by atoms with E-state index in [0.29, 0.717) is 33.4 Å². The van der Waals surface area contributed by atoms with Gasteiger partial charge in [-0.05, 0) is 29.7 Å². The van der Waals surface area contributed by atoms with E-state index < -0.39 is 0 Å². The van der Waals surface area contributed by atoms with Gasteiger partial charge in [0.25, 0.3) is 0 Å². The third-order valence-corrected chi connectivity index (χ3v) is 4.71. The van der Waals surface area contributed by atoms with Gasteiger partial charge >= 0.3 is 0 Å². The van der Waals surface area contributed by atoms with Crippen LogP contribution in [0.4, 0.5) is 29.2 Å². The second kappa shape index (κ2) is 12.0. The van der Waals surface area contributed by atoms with E-state index in [4.69, 9.17) is 15.5 Å². The van der Waals surface area contributed by atoms with Crippen molar-refractivity contribution in [2.24, 2.45) is 10.2 Å². The van der Waals surface area contributed by atoms with Crippen LogP contribution < -0.4 is 16.0 Å². The van der Waals surface area contributed by atoms with Crippen LogP contribution in [-0.2, 0) is 9.37 Å². The Morgan fingerprint density at radius 1 is 1.00 bits per heavy atom. The van der Waals surface area contributed by atoms with Crippen LogP contribution in [0.2, 0.25) is 0 Å². The van der Waals surface area contributed by atoms with Crippen molar-refractivity contribution in [3.8, 4) is 5.75 Å². The molecular weight excluding hydrogens is 456 g/mol. The number of aliphatic hydroxyl groups is 2. The summed E-state index contributed by atoms with van der Waals surface area (Å²) in [7, 11) is 1.45. The van der Waals surface area contributed by atoms with Crippen molar-refractivity contribution < 1.29 is 29.9 Å². The lowest BCUT2D eigenvalue weighted by molar-refractivity contribution is -0.432. The Morgan fingerprint density at radius 2 is 1.67 bits per heavy atom. The predicted octanol–water partition coefficient (Wildman–Crippen LogP) is 2.42. The largest absolute Gasteiger partial charge is 0.505 e. The standard InChI is InChI=1S/C18H22N8O6S/c1-19-26-14-13(33-32-31-30)9-10-8-11(2-3-12(10)15(14)29)22-18-24-16(20-4-6-27)23-17(25-18)21-5-7-28/h2-3,8-9,27-30H,4-7H2,1H3,(H3,20,21,22,23,24,25)/b26-19+. The molecule has 0 atom stereocenters. The summed E-state index contributed by atoms with van der Waals surface area (Å²) in [5.41, 5.74) is 0.749. The number of aliphatic hydroxyl groups excluding tert-OH is 2. The maximum atomic E-state index is 10.6. The van der Waals surface area contributed by atoms with Gasteiger partial charge in [0, 0.05) is 31.2 Å². The summed E-state index contributed by atoms with van der Waals surface area (Å²) < 4.78 is 4.49. The number of nitrogens with zero attached hydrogens (tertiary/aromatic N) is 5. The van der Waals surface area contributed by atoms with E-state index in [1.807, 2.05) is 0 Å². The van der Waals surface area contributed by atoms with E-state index in [1.54, 1.807) is 24.3 Å². The van der Waals surface area contributed by atoms with Gasteiger partial charge in [-0.3, -0.25) is 0 Å². The number of fused-ring (bicyclic) bond motifs is 1. The lowest BCUT2D eigenvalue weighted by Crippen LogP contribution is -2.14. The maximum absolute atomic E-state index is 10.6. The number of hydrogen-bond acceptors (Lipinski definition) is 15. The molecule has 0 aliphatic carbocycles. The first-order chi connectivity index (χ1) is 16.1. The number of anilines is 4. The lowest BCUT2D eigenvalue weighted by atomic mass is 10.1. The fourth-order valence-corrected chi connectivity index (χ4v) is 3.29. The van der Waals surface area contributed by atoms with E-state index in [2.05, 4.69) is 50.5 Å². The van der Waals surface area contributed by atoms with Crippen LogP contribution in [0, 0.1) is 0 Å². The Kier molecular flexibility index (Phi) is 8.87. The Hall–Kier alpha value is -3.34. The summed E-state index contributed by atoms with van der Waals surface area (Å²) in [6.07, 6.45) is 0. The molecule has 1 aromatic heterocycles. The van der Waals surface area contributed by atoms with Crippen molar-refractivity contribution in [3.05, 3.63) is 24.3 Å². The molecule has 15 heteroatoms. The first kappa shape index (κ1) is 24.3. The zero-order valence-electron chi connectivity index (χ0n) is 17.4. The van der Waals surface area contributed by atoms with E-state index >= 15 is 0 Å². The molecular formula is C18H22N8O6S. The van der Waals surface area contributed by atoms with Crippen LogP contribution in [0.1, 0.15) is 0 Å². The van der Waals surface area contributed by atoms with Crippen LogP contribution in [0.5, 0.6) is 5.75 Å². The minimum Gasteiger partial charge on any atom is -0.505 e. The molecule has 0 bridgehead atoms. The smallest absolute Gasteiger partial charge is 0.233 e. The summed E-state index contributed by atoms with van der Waals surface area (Å²) >= 11 is 0.648. The van der Waals surface area contributed by atoms with Gasteiger partial charge in [-0.1, -0.05) is 5.04 Å². The first-order valence-corrected chi connectivity index (χ1v) is 10.3. The highest BCUT2D eigenvalue weighted by atomic mass is 32.2. The third kappa shape index (κ3) is 6.35. The predicted molar refractivity (Wildman–Crippen MR) is 121 cm³/mol.